The van der Waals surface area contributed by atoms with Crippen LogP contribution in [-0.2, 0) is 4.74 Å². The van der Waals surface area contributed by atoms with Crippen molar-refractivity contribution in [2.75, 3.05) is 19.8 Å². The summed E-state index contributed by atoms with van der Waals surface area (Å²) < 4.78 is 44.7. The third-order valence-electron chi connectivity index (χ3n) is 1.92. The molecule has 0 saturated carbocycles. The molecule has 0 unspecified atom stereocenters. The molecule has 0 fully saturated rings. The van der Waals surface area contributed by atoms with E-state index in [-0.39, 0.29) is 25.3 Å². The normalized spacial score (nSPS) is 11.3. The van der Waals surface area contributed by atoms with Crippen molar-refractivity contribution in [2.24, 2.45) is 0 Å². The number of ether oxygens (including phenoxy) is 2. The van der Waals surface area contributed by atoms with Crippen LogP contribution in [0.1, 0.15) is 16.9 Å². The van der Waals surface area contributed by atoms with Gasteiger partial charge in [-0.3, -0.25) is 0 Å². The second kappa shape index (κ2) is 6.93. The lowest BCUT2D eigenvalue weighted by atomic mass is 10.3. The molecule has 0 atom stereocenters. The molecular weight excluding hydrogens is 267 g/mol. The van der Waals surface area contributed by atoms with E-state index in [1.165, 1.54) is 18.3 Å². The number of aromatic carboxylic acids is 1. The summed E-state index contributed by atoms with van der Waals surface area (Å²) in [6.07, 6.45) is -2.80. The van der Waals surface area contributed by atoms with Gasteiger partial charge in [0, 0.05) is 6.42 Å². The van der Waals surface area contributed by atoms with E-state index in [2.05, 4.69) is 9.72 Å². The van der Waals surface area contributed by atoms with Crippen molar-refractivity contribution in [3.05, 3.63) is 24.0 Å². The maximum absolute atomic E-state index is 11.7. The molecule has 0 radical (unpaired) electrons. The quantitative estimate of drug-likeness (QED) is 0.774. The predicted octanol–water partition coefficient (Wildman–Crippen LogP) is 2.13. The summed E-state index contributed by atoms with van der Waals surface area (Å²) in [4.78, 5) is 14.1. The first kappa shape index (κ1) is 15.2. The average molecular weight is 279 g/mol. The van der Waals surface area contributed by atoms with E-state index < -0.39 is 18.8 Å². The first-order chi connectivity index (χ1) is 8.88. The topological polar surface area (TPSA) is 68.7 Å². The number of hydrogen-bond donors (Lipinski definition) is 1. The van der Waals surface area contributed by atoms with Gasteiger partial charge in [0.05, 0.1) is 19.4 Å². The summed E-state index contributed by atoms with van der Waals surface area (Å²) in [5.74, 6) is -0.798. The number of alkyl halides is 3. The highest BCUT2D eigenvalue weighted by atomic mass is 19.4. The van der Waals surface area contributed by atoms with Gasteiger partial charge in [0.25, 0.3) is 0 Å². The summed E-state index contributed by atoms with van der Waals surface area (Å²) in [5.41, 5.74) is -0.110. The Kier molecular flexibility index (Phi) is 5.56. The molecule has 1 rings (SSSR count). The van der Waals surface area contributed by atoms with E-state index in [1.807, 2.05) is 0 Å². The van der Waals surface area contributed by atoms with Gasteiger partial charge in [-0.15, -0.1) is 0 Å². The van der Waals surface area contributed by atoms with Gasteiger partial charge in [0.1, 0.15) is 18.1 Å². The molecule has 0 bridgehead atoms. The molecule has 0 aliphatic carbocycles. The fourth-order valence-corrected chi connectivity index (χ4v) is 1.13. The summed E-state index contributed by atoms with van der Waals surface area (Å²) in [7, 11) is 0. The molecule has 8 heteroatoms. The Morgan fingerprint density at radius 3 is 2.58 bits per heavy atom. The van der Waals surface area contributed by atoms with Gasteiger partial charge in [-0.25, -0.2) is 9.78 Å². The minimum Gasteiger partial charge on any atom is -0.492 e. The van der Waals surface area contributed by atoms with Gasteiger partial charge < -0.3 is 14.6 Å². The first-order valence-electron chi connectivity index (χ1n) is 5.35. The number of nitrogens with zero attached hydrogens (tertiary/aromatic N) is 1. The Hall–Kier alpha value is -1.83. The van der Waals surface area contributed by atoms with Crippen LogP contribution in [0.2, 0.25) is 0 Å². The molecule has 0 aromatic carbocycles. The van der Waals surface area contributed by atoms with Crippen molar-refractivity contribution in [2.45, 2.75) is 12.6 Å². The van der Waals surface area contributed by atoms with Crippen LogP contribution >= 0.6 is 0 Å². The predicted molar refractivity (Wildman–Crippen MR) is 58.2 cm³/mol. The lowest BCUT2D eigenvalue weighted by Crippen LogP contribution is -2.18. The highest BCUT2D eigenvalue weighted by Gasteiger charge is 2.27. The molecule has 0 saturated heterocycles. The van der Waals surface area contributed by atoms with Crippen molar-refractivity contribution in [3.63, 3.8) is 0 Å². The zero-order valence-corrected chi connectivity index (χ0v) is 9.81. The number of halogens is 3. The molecule has 1 aromatic heterocycles. The first-order valence-corrected chi connectivity index (χ1v) is 5.35. The molecule has 1 heterocycles. The summed E-state index contributed by atoms with van der Waals surface area (Å²) in [6, 6.07) is 2.70. The van der Waals surface area contributed by atoms with E-state index in [0.29, 0.717) is 5.75 Å². The highest BCUT2D eigenvalue weighted by molar-refractivity contribution is 5.85. The fourth-order valence-electron chi connectivity index (χ4n) is 1.13. The van der Waals surface area contributed by atoms with Crippen LogP contribution in [0.5, 0.6) is 5.75 Å². The molecule has 0 spiro atoms. The van der Waals surface area contributed by atoms with E-state index in [1.54, 1.807) is 0 Å². The van der Waals surface area contributed by atoms with E-state index >= 15 is 0 Å². The monoisotopic (exact) mass is 279 g/mol. The van der Waals surface area contributed by atoms with Gasteiger partial charge >= 0.3 is 12.1 Å². The molecule has 0 aliphatic rings. The molecular formula is C11H12F3NO4. The average Bonchev–Trinajstić information content (AvgIpc) is 2.33. The standard InChI is InChI=1S/C11H12F3NO4/c12-11(13,14)7-18-4-1-5-19-8-2-3-9(10(16)17)15-6-8/h2-3,6H,1,4-5,7H2,(H,16,17). The van der Waals surface area contributed by atoms with Crippen LogP contribution < -0.4 is 4.74 Å². The molecule has 106 valence electrons. The fraction of sp³-hybridized carbons (Fsp3) is 0.455. The molecule has 0 amide bonds. The van der Waals surface area contributed by atoms with Crippen LogP contribution in [0.15, 0.2) is 18.3 Å². The third-order valence-corrected chi connectivity index (χ3v) is 1.92. The van der Waals surface area contributed by atoms with Gasteiger partial charge in [0.2, 0.25) is 0 Å². The molecule has 1 N–H and O–H groups in total. The number of carboxylic acids is 1. The summed E-state index contributed by atoms with van der Waals surface area (Å²) in [6.45, 7) is -1.19. The number of aromatic nitrogens is 1. The highest BCUT2D eigenvalue weighted by Crippen LogP contribution is 2.14. The zero-order chi connectivity index (χ0) is 14.3. The van der Waals surface area contributed by atoms with Crippen LogP contribution in [0.3, 0.4) is 0 Å². The second-order valence-corrected chi connectivity index (χ2v) is 3.55. The molecule has 19 heavy (non-hydrogen) atoms. The van der Waals surface area contributed by atoms with Crippen molar-refractivity contribution >= 4 is 5.97 Å². The molecule has 0 aliphatic heterocycles. The SMILES string of the molecule is O=C(O)c1ccc(OCCCOCC(F)(F)F)cn1. The number of rotatable bonds is 7. The maximum Gasteiger partial charge on any atom is 0.411 e. The molecule has 5 nitrogen and oxygen atoms in total. The van der Waals surface area contributed by atoms with Gasteiger partial charge in [0.15, 0.2) is 0 Å². The number of carbonyl (C=O) groups is 1. The van der Waals surface area contributed by atoms with Gasteiger partial charge in [-0.05, 0) is 12.1 Å². The van der Waals surface area contributed by atoms with Gasteiger partial charge in [-0.1, -0.05) is 0 Å². The van der Waals surface area contributed by atoms with Crippen molar-refractivity contribution in [3.8, 4) is 5.75 Å². The number of hydrogen-bond acceptors (Lipinski definition) is 4. The Morgan fingerprint density at radius 1 is 1.32 bits per heavy atom. The third kappa shape index (κ3) is 6.61. The van der Waals surface area contributed by atoms with Crippen LogP contribution in [-0.4, -0.2) is 42.1 Å². The second-order valence-electron chi connectivity index (χ2n) is 3.55. The van der Waals surface area contributed by atoms with Crippen LogP contribution in [0.4, 0.5) is 13.2 Å². The summed E-state index contributed by atoms with van der Waals surface area (Å²) >= 11 is 0. The lowest BCUT2D eigenvalue weighted by molar-refractivity contribution is -0.174. The van der Waals surface area contributed by atoms with Crippen LogP contribution in [0, 0.1) is 0 Å². The van der Waals surface area contributed by atoms with Crippen molar-refractivity contribution < 1.29 is 32.5 Å². The Labute approximate surface area is 107 Å². The van der Waals surface area contributed by atoms with Crippen molar-refractivity contribution in [1.82, 2.24) is 4.98 Å². The Balaban J connectivity index is 2.17. The Bertz CT molecular complexity index is 405. The van der Waals surface area contributed by atoms with Crippen LogP contribution in [0.25, 0.3) is 0 Å². The van der Waals surface area contributed by atoms with E-state index in [4.69, 9.17) is 9.84 Å². The van der Waals surface area contributed by atoms with E-state index in [9.17, 15) is 18.0 Å². The smallest absolute Gasteiger partial charge is 0.411 e. The molecule has 1 aromatic rings. The minimum absolute atomic E-state index is 0.0693. The maximum atomic E-state index is 11.7. The zero-order valence-electron chi connectivity index (χ0n) is 9.81. The minimum atomic E-state index is -4.32. The Morgan fingerprint density at radius 2 is 2.05 bits per heavy atom. The van der Waals surface area contributed by atoms with Crippen molar-refractivity contribution in [1.29, 1.82) is 0 Å². The largest absolute Gasteiger partial charge is 0.492 e. The number of pyridine rings is 1. The van der Waals surface area contributed by atoms with E-state index in [0.717, 1.165) is 0 Å². The van der Waals surface area contributed by atoms with Gasteiger partial charge in [-0.2, -0.15) is 13.2 Å². The number of carboxylic acid groups (broad SMARTS) is 1. The summed E-state index contributed by atoms with van der Waals surface area (Å²) in [5, 5.41) is 8.60. The lowest BCUT2D eigenvalue weighted by Gasteiger charge is -2.08.